The Hall–Kier alpha value is -12.8. The van der Waals surface area contributed by atoms with Gasteiger partial charge in [0.15, 0.2) is 57.5 Å². The van der Waals surface area contributed by atoms with Crippen LogP contribution in [0.5, 0.6) is 57.5 Å². The number of benzene rings is 11. The van der Waals surface area contributed by atoms with Crippen LogP contribution < -0.4 is 55.4 Å². The molecule has 0 bridgehead atoms. The molecule has 0 spiro atoms. The summed E-state index contributed by atoms with van der Waals surface area (Å²) in [6.07, 6.45) is 0.166. The average molecular weight is 1560 g/mol. The molecule has 11 rings (SSSR count). The Balaban J connectivity index is 0.000000224. The number of carbonyl (C=O) groups is 6. The molecule has 0 aliphatic rings. The van der Waals surface area contributed by atoms with Crippen molar-refractivity contribution in [3.05, 3.63) is 334 Å². The summed E-state index contributed by atoms with van der Waals surface area (Å²) in [6.45, 7) is 3.93. The molecule has 0 saturated carbocycles. The Morgan fingerprint density at radius 1 is 0.250 bits per heavy atom. The zero-order valence-corrected chi connectivity index (χ0v) is 63.0. The fourth-order valence-corrected chi connectivity index (χ4v) is 10.5. The lowest BCUT2D eigenvalue weighted by atomic mass is 10.1. The summed E-state index contributed by atoms with van der Waals surface area (Å²) in [5.41, 5.74) is 16.1. The van der Waals surface area contributed by atoms with Crippen LogP contribution in [-0.2, 0) is 101 Å². The van der Waals surface area contributed by atoms with Crippen LogP contribution in [0.2, 0.25) is 0 Å². The zero-order valence-electron chi connectivity index (χ0n) is 61.5. The van der Waals surface area contributed by atoms with E-state index in [9.17, 15) is 49.2 Å². The van der Waals surface area contributed by atoms with Crippen molar-refractivity contribution in [3.8, 4) is 57.5 Å². The Morgan fingerprint density at radius 3 is 0.696 bits per heavy atom. The fourth-order valence-electron chi connectivity index (χ4n) is 10.3. The third kappa shape index (κ3) is 32.2. The van der Waals surface area contributed by atoms with Crippen molar-refractivity contribution in [2.75, 3.05) is 0 Å². The fraction of sp³-hybridized carbons (Fsp3) is 0.191. The molecule has 0 radical (unpaired) electrons. The summed E-state index contributed by atoms with van der Waals surface area (Å²) in [5, 5.41) is 47.2. The maximum atomic E-state index is 12.8. The highest BCUT2D eigenvalue weighted by Crippen LogP contribution is 2.34. The van der Waals surface area contributed by atoms with Gasteiger partial charge >= 0.3 is 0 Å². The smallest absolute Gasteiger partial charge is 0.222 e. The number of carbonyl (C=O) groups excluding carboxylic acids is 6. The lowest BCUT2D eigenvalue weighted by Gasteiger charge is -2.15. The molecule has 112 heavy (non-hydrogen) atoms. The minimum atomic E-state index is -0.529. The number of amides is 4. The van der Waals surface area contributed by atoms with Crippen molar-refractivity contribution in [2.24, 2.45) is 5.73 Å². The molecule has 10 N–H and O–H groups in total. The maximum Gasteiger partial charge on any atom is 0.222 e. The van der Waals surface area contributed by atoms with Gasteiger partial charge < -0.3 is 75.8 Å². The second-order valence-electron chi connectivity index (χ2n) is 25.2. The second-order valence-corrected chi connectivity index (χ2v) is 26.0. The minimum absolute atomic E-state index is 0.00325. The Kier molecular flexibility index (Phi) is 35.7. The number of nitrogens with one attached hydrogen (secondary N) is 4. The van der Waals surface area contributed by atoms with Gasteiger partial charge in [-0.2, -0.15) is 0 Å². The highest BCUT2D eigenvalue weighted by atomic mass is 35.5. The molecular weight excluding hydrogens is 1470 g/mol. The van der Waals surface area contributed by atoms with Crippen molar-refractivity contribution < 1.29 is 77.6 Å². The van der Waals surface area contributed by atoms with Crippen molar-refractivity contribution in [1.29, 1.82) is 0 Å². The molecule has 0 heterocycles. The molecule has 21 nitrogen and oxygen atoms in total. The summed E-state index contributed by atoms with van der Waals surface area (Å²) >= 11 is 9.74. The number of hydrogen-bond donors (Lipinski definition) is 9. The van der Waals surface area contributed by atoms with Crippen molar-refractivity contribution in [3.63, 3.8) is 0 Å². The Bertz CT molecular complexity index is 4510. The van der Waals surface area contributed by atoms with Crippen LogP contribution >= 0.6 is 23.2 Å². The summed E-state index contributed by atoms with van der Waals surface area (Å²) in [6, 6.07) is 85.4. The minimum Gasteiger partial charge on any atom is -0.504 e. The van der Waals surface area contributed by atoms with E-state index in [4.69, 9.17) is 57.4 Å². The molecule has 580 valence electrons. The number of halogens is 2. The van der Waals surface area contributed by atoms with E-state index < -0.39 is 10.5 Å². The standard InChI is InChI=1S/C46H44N2O6.C21H21NO2.C18H20N2O6.C4H4Cl2O2/c49-45(47-29-39-21-23-41(51-31-35-13-5-1-6-14-35)43(27-39)53-33-37-17-9-3-10-18-37)25-26-46(50)48-30-40-22-24-42(52-32-36-15-7-2-8-16-36)44(28-40)54-34-38-19-11-4-12-20-38;22-14-19-11-12-20(23-15-17-7-3-1-4-8-17)21(13-19)24-16-18-9-5-2-6-10-18;21-13-3-1-11(7-15(13)23)9-19-17(25)5-6-18(26)20-10-12-2-4-14(22)16(24)8-12;5-3(7)1-2-4(6)8/h1-24,27-28H,25-26,29-34H2,(H,47,49)(H,48,50);1-13H,14-16,22H2;1-4,7-8,21-24H,5-6,9-10H2,(H,19,25)(H,20,26);1-2H2. The number of ether oxygens (including phenoxy) is 6. The molecule has 11 aromatic rings. The first-order valence-corrected chi connectivity index (χ1v) is 36.7. The maximum absolute atomic E-state index is 12.8. The lowest BCUT2D eigenvalue weighted by molar-refractivity contribution is -0.126. The summed E-state index contributed by atoms with van der Waals surface area (Å²) in [5.74, 6) is 1.75. The average Bonchev–Trinajstić information content (AvgIpc) is 0.856. The quantitative estimate of drug-likeness (QED) is 0.0130. The van der Waals surface area contributed by atoms with Gasteiger partial charge in [0.05, 0.1) is 0 Å². The molecule has 0 unspecified atom stereocenters. The summed E-state index contributed by atoms with van der Waals surface area (Å²) in [7, 11) is 0. The first kappa shape index (κ1) is 84.8. The van der Waals surface area contributed by atoms with Crippen LogP contribution in [0.3, 0.4) is 0 Å². The molecule has 0 atom stereocenters. The van der Waals surface area contributed by atoms with Crippen LogP contribution in [0, 0.1) is 0 Å². The third-order valence-electron chi connectivity index (χ3n) is 16.4. The topological polar surface area (TPSA) is 313 Å². The van der Waals surface area contributed by atoms with Gasteiger partial charge in [-0.15, -0.1) is 0 Å². The van der Waals surface area contributed by atoms with E-state index in [0.717, 1.165) is 61.6 Å². The molecule has 23 heteroatoms. The van der Waals surface area contributed by atoms with Gasteiger partial charge in [-0.1, -0.05) is 212 Å². The molecule has 0 fully saturated rings. The number of aromatic hydroxyl groups is 4. The van der Waals surface area contributed by atoms with Gasteiger partial charge in [0.2, 0.25) is 34.1 Å². The van der Waals surface area contributed by atoms with Crippen LogP contribution in [0.25, 0.3) is 0 Å². The highest BCUT2D eigenvalue weighted by molar-refractivity contribution is 6.66. The Morgan fingerprint density at radius 2 is 0.464 bits per heavy atom. The van der Waals surface area contributed by atoms with Crippen LogP contribution in [0.1, 0.15) is 99.7 Å². The first-order valence-electron chi connectivity index (χ1n) is 35.9. The predicted octanol–water partition coefficient (Wildman–Crippen LogP) is 15.5. The van der Waals surface area contributed by atoms with Crippen molar-refractivity contribution >= 4 is 57.3 Å². The predicted molar refractivity (Wildman–Crippen MR) is 428 cm³/mol. The van der Waals surface area contributed by atoms with Crippen molar-refractivity contribution in [1.82, 2.24) is 21.3 Å². The SMILES string of the molecule is NCc1ccc(OCc2ccccc2)c(OCc2ccccc2)c1.O=C(CCC(=O)NCc1ccc(O)c(O)c1)NCc1ccc(O)c(O)c1.O=C(CCC(=O)NCc1ccc(OCc2ccccc2)c(OCc2ccccc2)c1)NCc1ccc(OCc2ccccc2)c(OCc2ccccc2)c1.O=C(Cl)CCC(=O)Cl. The van der Waals surface area contributed by atoms with Crippen LogP contribution in [0.4, 0.5) is 0 Å². The Labute approximate surface area is 660 Å². The normalized spacial score (nSPS) is 10.3. The molecule has 4 amide bonds. The second kappa shape index (κ2) is 47.2. The van der Waals surface area contributed by atoms with E-state index in [1.54, 1.807) is 12.1 Å². The van der Waals surface area contributed by atoms with Gasteiger partial charge in [0.25, 0.3) is 0 Å². The lowest BCUT2D eigenvalue weighted by Crippen LogP contribution is -2.27. The first-order chi connectivity index (χ1) is 54.4. The van der Waals surface area contributed by atoms with E-state index >= 15 is 0 Å². The third-order valence-corrected chi connectivity index (χ3v) is 16.8. The van der Waals surface area contributed by atoms with Gasteiger partial charge in [-0.25, -0.2) is 0 Å². The number of nitrogens with two attached hydrogens (primary N) is 1. The monoisotopic (exact) mass is 1550 g/mol. The summed E-state index contributed by atoms with van der Waals surface area (Å²) in [4.78, 5) is 68.9. The number of hydrogen-bond acceptors (Lipinski definition) is 17. The number of phenolic OH excluding ortho intramolecular Hbond substituents is 4. The van der Waals surface area contributed by atoms with E-state index in [1.807, 2.05) is 237 Å². The van der Waals surface area contributed by atoms with Gasteiger partial charge in [-0.05, 0) is 145 Å². The van der Waals surface area contributed by atoms with Crippen LogP contribution in [0.15, 0.2) is 273 Å². The molecular formula is C89H89Cl2N5O16. The molecule has 0 aromatic heterocycles. The highest BCUT2D eigenvalue weighted by Gasteiger charge is 2.16. The van der Waals surface area contributed by atoms with E-state index in [-0.39, 0.29) is 111 Å². The zero-order chi connectivity index (χ0) is 79.5. The molecule has 11 aromatic carbocycles. The largest absolute Gasteiger partial charge is 0.504 e. The van der Waals surface area contributed by atoms with Gasteiger partial charge in [0, 0.05) is 71.2 Å². The molecule has 0 aliphatic heterocycles. The van der Waals surface area contributed by atoms with Gasteiger partial charge in [-0.3, -0.25) is 28.8 Å². The number of phenols is 4. The van der Waals surface area contributed by atoms with E-state index in [2.05, 4.69) is 21.3 Å². The van der Waals surface area contributed by atoms with E-state index in [0.29, 0.717) is 80.3 Å². The van der Waals surface area contributed by atoms with Crippen molar-refractivity contribution in [2.45, 2.75) is 111 Å². The number of rotatable bonds is 36. The molecule has 0 saturated heterocycles. The van der Waals surface area contributed by atoms with Gasteiger partial charge in [0.1, 0.15) is 39.6 Å². The molecule has 0 aliphatic carbocycles. The summed E-state index contributed by atoms with van der Waals surface area (Å²) < 4.78 is 36.5. The van der Waals surface area contributed by atoms with E-state index in [1.165, 1.54) is 24.3 Å². The van der Waals surface area contributed by atoms with Crippen LogP contribution in [-0.4, -0.2) is 54.5 Å².